The van der Waals surface area contributed by atoms with Crippen LogP contribution in [0.2, 0.25) is 0 Å². The smallest absolute Gasteiger partial charge is 0.408 e. The Balaban J connectivity index is 3.26. The van der Waals surface area contributed by atoms with Crippen molar-refractivity contribution in [1.29, 1.82) is 0 Å². The van der Waals surface area contributed by atoms with Gasteiger partial charge < -0.3 is 20.3 Å². The molecule has 0 saturated heterocycles. The van der Waals surface area contributed by atoms with Crippen molar-refractivity contribution in [3.8, 4) is 0 Å². The normalized spacial score (nSPS) is 13.0. The van der Waals surface area contributed by atoms with E-state index in [2.05, 4.69) is 31.4 Å². The Morgan fingerprint density at radius 1 is 0.943 bits per heavy atom. The van der Waals surface area contributed by atoms with Gasteiger partial charge in [-0.1, -0.05) is 70.7 Å². The van der Waals surface area contributed by atoms with Gasteiger partial charge in [0.25, 0.3) is 0 Å². The summed E-state index contributed by atoms with van der Waals surface area (Å²) in [6.07, 6.45) is 5.96. The van der Waals surface area contributed by atoms with E-state index in [1.165, 1.54) is 5.56 Å². The van der Waals surface area contributed by atoms with Crippen molar-refractivity contribution in [2.24, 2.45) is 0 Å². The molecule has 0 heterocycles. The second-order valence-electron chi connectivity index (χ2n) is 10.1. The monoisotopic (exact) mass is 489 g/mol. The molecule has 198 valence electrons. The van der Waals surface area contributed by atoms with Crippen LogP contribution < -0.4 is 10.6 Å². The molecule has 3 amide bonds. The van der Waals surface area contributed by atoms with E-state index in [4.69, 9.17) is 4.74 Å². The van der Waals surface area contributed by atoms with Gasteiger partial charge in [0.1, 0.15) is 17.7 Å². The predicted molar refractivity (Wildman–Crippen MR) is 141 cm³/mol. The summed E-state index contributed by atoms with van der Waals surface area (Å²) in [5.74, 6) is -0.501. The number of alkyl carbamates (subject to hydrolysis) is 1. The third kappa shape index (κ3) is 11.1. The highest BCUT2D eigenvalue weighted by Gasteiger charge is 2.34. The Labute approximate surface area is 212 Å². The van der Waals surface area contributed by atoms with E-state index in [1.807, 2.05) is 24.3 Å². The molecule has 0 bridgehead atoms. The molecule has 2 N–H and O–H groups in total. The van der Waals surface area contributed by atoms with E-state index < -0.39 is 23.8 Å². The largest absolute Gasteiger partial charge is 0.444 e. The summed E-state index contributed by atoms with van der Waals surface area (Å²) in [6.45, 7) is 14.2. The maximum Gasteiger partial charge on any atom is 0.408 e. The van der Waals surface area contributed by atoms with Gasteiger partial charge in [-0.25, -0.2) is 4.79 Å². The van der Waals surface area contributed by atoms with Crippen LogP contribution in [0.5, 0.6) is 0 Å². The average Bonchev–Trinajstić information content (AvgIpc) is 2.79. The first kappa shape index (κ1) is 30.5. The first-order chi connectivity index (χ1) is 16.5. The molecule has 0 aliphatic heterocycles. The molecule has 2 unspecified atom stereocenters. The number of rotatable bonds is 14. The summed E-state index contributed by atoms with van der Waals surface area (Å²) in [4.78, 5) is 41.0. The lowest BCUT2D eigenvalue weighted by atomic mass is 10.00. The molecule has 0 saturated carbocycles. The van der Waals surface area contributed by atoms with Crippen LogP contribution in [0, 0.1) is 0 Å². The Kier molecular flexibility index (Phi) is 13.4. The second-order valence-corrected chi connectivity index (χ2v) is 10.1. The number of carbonyl (C=O) groups excluding carboxylic acids is 3. The Morgan fingerprint density at radius 2 is 1.57 bits per heavy atom. The minimum Gasteiger partial charge on any atom is -0.444 e. The van der Waals surface area contributed by atoms with Crippen molar-refractivity contribution in [2.45, 2.75) is 111 Å². The Bertz CT molecular complexity index is 786. The van der Waals surface area contributed by atoms with Gasteiger partial charge in [0, 0.05) is 13.1 Å². The average molecular weight is 490 g/mol. The molecule has 1 aromatic carbocycles. The molecular formula is C28H47N3O4. The standard InChI is InChI=1S/C28H47N3O4/c1-8-11-13-14-20-31(26(33)21(4)30-27(34)35-28(5,6)7)24(25(32)29-19-12-9-2)23-17-15-22(10-3)16-18-23/h15-18,21,24H,8-14,19-20H2,1-7H3,(H,29,32)(H,30,34). The van der Waals surface area contributed by atoms with Crippen molar-refractivity contribution in [3.63, 3.8) is 0 Å². The molecule has 7 heteroatoms. The van der Waals surface area contributed by atoms with E-state index in [1.54, 1.807) is 32.6 Å². The minimum atomic E-state index is -0.836. The van der Waals surface area contributed by atoms with Crippen LogP contribution in [0.3, 0.4) is 0 Å². The lowest BCUT2D eigenvalue weighted by Gasteiger charge is -2.34. The molecule has 0 aliphatic carbocycles. The van der Waals surface area contributed by atoms with Crippen LogP contribution in [0.15, 0.2) is 24.3 Å². The van der Waals surface area contributed by atoms with E-state index >= 15 is 0 Å². The molecule has 35 heavy (non-hydrogen) atoms. The number of hydrogen-bond donors (Lipinski definition) is 2. The van der Waals surface area contributed by atoms with Crippen LogP contribution >= 0.6 is 0 Å². The number of benzene rings is 1. The van der Waals surface area contributed by atoms with Gasteiger partial charge in [-0.3, -0.25) is 9.59 Å². The SMILES string of the molecule is CCCCCCN(C(=O)C(C)NC(=O)OC(C)(C)C)C(C(=O)NCCCC)c1ccc(CC)cc1. The van der Waals surface area contributed by atoms with Gasteiger partial charge in [-0.2, -0.15) is 0 Å². The zero-order valence-corrected chi connectivity index (χ0v) is 22.9. The summed E-state index contributed by atoms with van der Waals surface area (Å²) in [6, 6.07) is 6.27. The fourth-order valence-corrected chi connectivity index (χ4v) is 3.76. The number of aryl methyl sites for hydroxylation is 1. The number of amides is 3. The zero-order chi connectivity index (χ0) is 26.4. The quantitative estimate of drug-likeness (QED) is 0.336. The number of hydrogen-bond acceptors (Lipinski definition) is 4. The topological polar surface area (TPSA) is 87.7 Å². The van der Waals surface area contributed by atoms with Crippen molar-refractivity contribution in [2.75, 3.05) is 13.1 Å². The first-order valence-electron chi connectivity index (χ1n) is 13.2. The van der Waals surface area contributed by atoms with Gasteiger partial charge in [0.2, 0.25) is 11.8 Å². The molecule has 0 aromatic heterocycles. The lowest BCUT2D eigenvalue weighted by molar-refractivity contribution is -0.142. The highest BCUT2D eigenvalue weighted by atomic mass is 16.6. The summed E-state index contributed by atoms with van der Waals surface area (Å²) in [5.41, 5.74) is 1.26. The van der Waals surface area contributed by atoms with E-state index in [0.717, 1.165) is 50.5 Å². The zero-order valence-electron chi connectivity index (χ0n) is 22.9. The maximum absolute atomic E-state index is 13.7. The van der Waals surface area contributed by atoms with Crippen molar-refractivity contribution >= 4 is 17.9 Å². The van der Waals surface area contributed by atoms with Crippen LogP contribution in [-0.4, -0.2) is 47.5 Å². The van der Waals surface area contributed by atoms with E-state index in [0.29, 0.717) is 13.1 Å². The van der Waals surface area contributed by atoms with Gasteiger partial charge in [-0.15, -0.1) is 0 Å². The summed E-state index contributed by atoms with van der Waals surface area (Å²) < 4.78 is 5.33. The third-order valence-corrected chi connectivity index (χ3v) is 5.73. The number of ether oxygens (including phenoxy) is 1. The third-order valence-electron chi connectivity index (χ3n) is 5.73. The highest BCUT2D eigenvalue weighted by molar-refractivity contribution is 5.92. The van der Waals surface area contributed by atoms with Crippen molar-refractivity contribution in [3.05, 3.63) is 35.4 Å². The molecule has 0 aliphatic rings. The highest BCUT2D eigenvalue weighted by Crippen LogP contribution is 2.24. The van der Waals surface area contributed by atoms with E-state index in [9.17, 15) is 14.4 Å². The molecule has 1 rings (SSSR count). The first-order valence-corrected chi connectivity index (χ1v) is 13.2. The van der Waals surface area contributed by atoms with E-state index in [-0.39, 0.29) is 11.8 Å². The lowest BCUT2D eigenvalue weighted by Crippen LogP contribution is -2.52. The Morgan fingerprint density at radius 3 is 2.11 bits per heavy atom. The molecule has 0 spiro atoms. The molecule has 0 radical (unpaired) electrons. The van der Waals surface area contributed by atoms with Crippen LogP contribution in [0.4, 0.5) is 4.79 Å². The molecule has 7 nitrogen and oxygen atoms in total. The van der Waals surface area contributed by atoms with Gasteiger partial charge in [0.15, 0.2) is 0 Å². The summed E-state index contributed by atoms with van der Waals surface area (Å²) in [5, 5.41) is 5.66. The number of nitrogens with zero attached hydrogens (tertiary/aromatic N) is 1. The minimum absolute atomic E-state index is 0.198. The second kappa shape index (κ2) is 15.4. The number of unbranched alkanes of at least 4 members (excludes halogenated alkanes) is 4. The maximum atomic E-state index is 13.7. The molecule has 1 aromatic rings. The van der Waals surface area contributed by atoms with Gasteiger partial charge in [0.05, 0.1) is 0 Å². The molecule has 2 atom stereocenters. The van der Waals surface area contributed by atoms with Gasteiger partial charge >= 0.3 is 6.09 Å². The van der Waals surface area contributed by atoms with Gasteiger partial charge in [-0.05, 0) is 58.1 Å². The van der Waals surface area contributed by atoms with Crippen LogP contribution in [-0.2, 0) is 20.7 Å². The summed E-state index contributed by atoms with van der Waals surface area (Å²) in [7, 11) is 0. The molecular weight excluding hydrogens is 442 g/mol. The summed E-state index contributed by atoms with van der Waals surface area (Å²) >= 11 is 0. The van der Waals surface area contributed by atoms with Crippen molar-refractivity contribution in [1.82, 2.24) is 15.5 Å². The number of carbonyl (C=O) groups is 3. The Hall–Kier alpha value is -2.57. The van der Waals surface area contributed by atoms with Crippen molar-refractivity contribution < 1.29 is 19.1 Å². The fourth-order valence-electron chi connectivity index (χ4n) is 3.76. The fraction of sp³-hybridized carbons (Fsp3) is 0.679. The predicted octanol–water partition coefficient (Wildman–Crippen LogP) is 5.53. The van der Waals surface area contributed by atoms with Crippen LogP contribution in [0.25, 0.3) is 0 Å². The van der Waals surface area contributed by atoms with Crippen LogP contribution in [0.1, 0.15) is 104 Å². The number of nitrogens with one attached hydrogen (secondary N) is 2. The molecule has 0 fully saturated rings.